The molecule has 0 aromatic carbocycles. The molecule has 0 aliphatic carbocycles. The first kappa shape index (κ1) is 14.7. The minimum atomic E-state index is 0.0922. The van der Waals surface area contributed by atoms with E-state index in [1.54, 1.807) is 12.4 Å². The minimum absolute atomic E-state index is 0.0922. The number of hydrogen-bond donors (Lipinski definition) is 2. The van der Waals surface area contributed by atoms with Gasteiger partial charge in [-0.15, -0.1) is 0 Å². The second-order valence-corrected chi connectivity index (χ2v) is 5.63. The van der Waals surface area contributed by atoms with Gasteiger partial charge in [-0.2, -0.15) is 0 Å². The Morgan fingerprint density at radius 2 is 2.36 bits per heavy atom. The Bertz CT molecular complexity index is 628. The van der Waals surface area contributed by atoms with Crippen molar-refractivity contribution >= 4 is 5.91 Å². The largest absolute Gasteiger partial charge is 0.352 e. The average Bonchev–Trinajstić information content (AvgIpc) is 3.00. The van der Waals surface area contributed by atoms with E-state index in [0.29, 0.717) is 6.54 Å². The molecule has 0 spiro atoms. The van der Waals surface area contributed by atoms with E-state index in [0.717, 1.165) is 43.1 Å². The van der Waals surface area contributed by atoms with Gasteiger partial charge in [0, 0.05) is 31.7 Å². The molecule has 0 saturated carbocycles. The van der Waals surface area contributed by atoms with E-state index < -0.39 is 0 Å². The molecule has 2 aromatic heterocycles. The molecule has 1 amide bonds. The molecule has 6 nitrogen and oxygen atoms in total. The van der Waals surface area contributed by atoms with Crippen molar-refractivity contribution < 1.29 is 4.79 Å². The fourth-order valence-corrected chi connectivity index (χ4v) is 2.69. The quantitative estimate of drug-likeness (QED) is 0.889. The summed E-state index contributed by atoms with van der Waals surface area (Å²) < 4.78 is 1.93. The van der Waals surface area contributed by atoms with Crippen molar-refractivity contribution in [1.29, 1.82) is 0 Å². The standard InChI is InChI=1S/C16H21N5O/c1-12-18-7-8-21(12)15-5-4-13(9-19-15)10-20-16(22)14-3-2-6-17-11-14/h4-5,7-9,14,17H,2-3,6,10-11H2,1H3,(H,20,22). The van der Waals surface area contributed by atoms with Crippen LogP contribution in [0, 0.1) is 12.8 Å². The Balaban J connectivity index is 1.57. The summed E-state index contributed by atoms with van der Waals surface area (Å²) in [6.45, 7) is 4.26. The van der Waals surface area contributed by atoms with Crippen molar-refractivity contribution in [3.05, 3.63) is 42.1 Å². The Hall–Kier alpha value is -2.21. The van der Waals surface area contributed by atoms with Crippen molar-refractivity contribution in [2.75, 3.05) is 13.1 Å². The highest BCUT2D eigenvalue weighted by molar-refractivity contribution is 5.78. The van der Waals surface area contributed by atoms with Crippen molar-refractivity contribution in [1.82, 2.24) is 25.2 Å². The lowest BCUT2D eigenvalue weighted by Gasteiger charge is -2.21. The van der Waals surface area contributed by atoms with E-state index in [2.05, 4.69) is 20.6 Å². The number of carbonyl (C=O) groups excluding carboxylic acids is 1. The zero-order valence-electron chi connectivity index (χ0n) is 12.7. The van der Waals surface area contributed by atoms with E-state index >= 15 is 0 Å². The van der Waals surface area contributed by atoms with Gasteiger partial charge in [-0.3, -0.25) is 9.36 Å². The Morgan fingerprint density at radius 3 is 3.00 bits per heavy atom. The lowest BCUT2D eigenvalue weighted by atomic mass is 9.99. The molecule has 1 saturated heterocycles. The highest BCUT2D eigenvalue weighted by atomic mass is 16.1. The number of piperidine rings is 1. The molecule has 2 N–H and O–H groups in total. The van der Waals surface area contributed by atoms with Crippen molar-refractivity contribution in [2.24, 2.45) is 5.92 Å². The zero-order chi connectivity index (χ0) is 15.4. The van der Waals surface area contributed by atoms with Gasteiger partial charge in [-0.25, -0.2) is 9.97 Å². The van der Waals surface area contributed by atoms with Crippen LogP contribution >= 0.6 is 0 Å². The number of aromatic nitrogens is 3. The van der Waals surface area contributed by atoms with Crippen molar-refractivity contribution in [3.8, 4) is 5.82 Å². The van der Waals surface area contributed by atoms with Crippen LogP contribution in [0.2, 0.25) is 0 Å². The fraction of sp³-hybridized carbons (Fsp3) is 0.438. The summed E-state index contributed by atoms with van der Waals surface area (Å²) in [6.07, 6.45) is 7.47. The van der Waals surface area contributed by atoms with Crippen molar-refractivity contribution in [2.45, 2.75) is 26.3 Å². The van der Waals surface area contributed by atoms with Gasteiger partial charge >= 0.3 is 0 Å². The SMILES string of the molecule is Cc1nccn1-c1ccc(CNC(=O)C2CCCNC2)cn1. The molecule has 0 bridgehead atoms. The highest BCUT2D eigenvalue weighted by Gasteiger charge is 2.20. The topological polar surface area (TPSA) is 71.8 Å². The lowest BCUT2D eigenvalue weighted by Crippen LogP contribution is -2.40. The second kappa shape index (κ2) is 6.70. The molecule has 1 unspecified atom stereocenters. The monoisotopic (exact) mass is 299 g/mol. The predicted octanol–water partition coefficient (Wildman–Crippen LogP) is 1.19. The Labute approximate surface area is 130 Å². The normalized spacial score (nSPS) is 18.1. The van der Waals surface area contributed by atoms with Crippen molar-refractivity contribution in [3.63, 3.8) is 0 Å². The second-order valence-electron chi connectivity index (χ2n) is 5.63. The van der Waals surface area contributed by atoms with Crippen LogP contribution in [0.3, 0.4) is 0 Å². The smallest absolute Gasteiger partial charge is 0.224 e. The van der Waals surface area contributed by atoms with E-state index in [1.165, 1.54) is 0 Å². The van der Waals surface area contributed by atoms with E-state index in [9.17, 15) is 4.79 Å². The molecular formula is C16H21N5O. The van der Waals surface area contributed by atoms with Crippen LogP contribution in [-0.4, -0.2) is 33.5 Å². The summed E-state index contributed by atoms with van der Waals surface area (Å²) in [6, 6.07) is 3.93. The molecule has 3 heterocycles. The van der Waals surface area contributed by atoms with Gasteiger partial charge in [0.05, 0.1) is 5.92 Å². The third-order valence-electron chi connectivity index (χ3n) is 4.02. The number of carbonyl (C=O) groups is 1. The van der Waals surface area contributed by atoms with Gasteiger partial charge in [0.15, 0.2) is 0 Å². The fourth-order valence-electron chi connectivity index (χ4n) is 2.69. The number of amides is 1. The van der Waals surface area contributed by atoms with Gasteiger partial charge in [-0.1, -0.05) is 6.07 Å². The number of nitrogens with one attached hydrogen (secondary N) is 2. The summed E-state index contributed by atoms with van der Waals surface area (Å²) in [4.78, 5) is 20.7. The molecule has 116 valence electrons. The number of aryl methyl sites for hydroxylation is 1. The lowest BCUT2D eigenvalue weighted by molar-refractivity contribution is -0.125. The number of hydrogen-bond acceptors (Lipinski definition) is 4. The first-order chi connectivity index (χ1) is 10.7. The summed E-state index contributed by atoms with van der Waals surface area (Å²) >= 11 is 0. The maximum Gasteiger partial charge on any atom is 0.224 e. The van der Waals surface area contributed by atoms with Crippen LogP contribution in [-0.2, 0) is 11.3 Å². The Morgan fingerprint density at radius 1 is 1.45 bits per heavy atom. The number of nitrogens with zero attached hydrogens (tertiary/aromatic N) is 3. The number of rotatable bonds is 4. The van der Waals surface area contributed by atoms with Crippen LogP contribution in [0.1, 0.15) is 24.2 Å². The maximum absolute atomic E-state index is 12.1. The predicted molar refractivity (Wildman–Crippen MR) is 83.5 cm³/mol. The van der Waals surface area contributed by atoms with Gasteiger partial charge < -0.3 is 10.6 Å². The number of pyridine rings is 1. The summed E-state index contributed by atoms with van der Waals surface area (Å²) in [5.74, 6) is 1.95. The molecular weight excluding hydrogens is 278 g/mol. The van der Waals surface area contributed by atoms with Crippen LogP contribution in [0.5, 0.6) is 0 Å². The molecule has 22 heavy (non-hydrogen) atoms. The van der Waals surface area contributed by atoms with E-state index in [4.69, 9.17) is 0 Å². The van der Waals surface area contributed by atoms with Gasteiger partial charge in [0.25, 0.3) is 0 Å². The van der Waals surface area contributed by atoms with Crippen LogP contribution in [0.25, 0.3) is 5.82 Å². The van der Waals surface area contributed by atoms with E-state index in [-0.39, 0.29) is 11.8 Å². The summed E-state index contributed by atoms with van der Waals surface area (Å²) in [5.41, 5.74) is 0.999. The molecule has 6 heteroatoms. The summed E-state index contributed by atoms with van der Waals surface area (Å²) in [5, 5.41) is 6.26. The maximum atomic E-state index is 12.1. The molecule has 1 fully saturated rings. The van der Waals surface area contributed by atoms with E-state index in [1.807, 2.05) is 29.8 Å². The molecule has 2 aromatic rings. The first-order valence-corrected chi connectivity index (χ1v) is 7.68. The molecule has 1 aliphatic heterocycles. The van der Waals surface area contributed by atoms with Crippen LogP contribution in [0.4, 0.5) is 0 Å². The van der Waals surface area contributed by atoms with Gasteiger partial charge in [0.2, 0.25) is 5.91 Å². The summed E-state index contributed by atoms with van der Waals surface area (Å²) in [7, 11) is 0. The van der Waals surface area contributed by atoms with Crippen LogP contribution in [0.15, 0.2) is 30.7 Å². The Kier molecular flexibility index (Phi) is 4.48. The third-order valence-corrected chi connectivity index (χ3v) is 4.02. The van der Waals surface area contributed by atoms with Gasteiger partial charge in [0.1, 0.15) is 11.6 Å². The molecule has 3 rings (SSSR count). The van der Waals surface area contributed by atoms with Crippen LogP contribution < -0.4 is 10.6 Å². The van der Waals surface area contributed by atoms with Gasteiger partial charge in [-0.05, 0) is 37.9 Å². The average molecular weight is 299 g/mol. The molecule has 1 atom stereocenters. The third kappa shape index (κ3) is 3.33. The first-order valence-electron chi connectivity index (χ1n) is 7.68. The zero-order valence-corrected chi connectivity index (χ0v) is 12.7. The number of imidazole rings is 1. The minimum Gasteiger partial charge on any atom is -0.352 e. The molecule has 0 radical (unpaired) electrons. The highest BCUT2D eigenvalue weighted by Crippen LogP contribution is 2.11. The molecule has 1 aliphatic rings.